The molecule has 1 aromatic rings. The lowest BCUT2D eigenvalue weighted by Gasteiger charge is -2.32. The molecule has 0 aromatic heterocycles. The number of ether oxygens (including phenoxy) is 1. The first-order chi connectivity index (χ1) is 7.74. The Bertz CT molecular complexity index is 390. The predicted octanol–water partition coefficient (Wildman–Crippen LogP) is 2.82. The monoisotopic (exact) mass is 236 g/mol. The fraction of sp³-hybridized carbons (Fsp3) is 0.417. The zero-order valence-electron chi connectivity index (χ0n) is 8.87. The minimum absolute atomic E-state index is 0.437. The Kier molecular flexibility index (Phi) is 3.33. The molecule has 1 N–H and O–H groups in total. The molecular weight excluding hydrogens is 224 g/mol. The third kappa shape index (κ3) is 2.46. The highest BCUT2D eigenvalue weighted by Crippen LogP contribution is 2.24. The largest absolute Gasteiger partial charge is 0.378 e. The van der Waals surface area contributed by atoms with E-state index in [9.17, 15) is 5.26 Å². The van der Waals surface area contributed by atoms with Crippen LogP contribution >= 0.6 is 11.6 Å². The number of hydrogen-bond acceptors (Lipinski definition) is 3. The van der Waals surface area contributed by atoms with Crippen LogP contribution in [0.2, 0.25) is 5.02 Å². The van der Waals surface area contributed by atoms with Gasteiger partial charge in [0.2, 0.25) is 0 Å². The first kappa shape index (κ1) is 11.3. The number of nitriles is 1. The van der Waals surface area contributed by atoms with Crippen molar-refractivity contribution < 1.29 is 4.74 Å². The molecule has 0 amide bonds. The van der Waals surface area contributed by atoms with E-state index in [1.807, 2.05) is 12.1 Å². The summed E-state index contributed by atoms with van der Waals surface area (Å²) in [5.41, 5.74) is 0.308. The minimum atomic E-state index is -0.591. The standard InChI is InChI=1S/C12H13ClN2O/c13-10-2-4-11(5-3-10)15-12(8-14)6-1-7-16-9-12/h2-5,15H,1,6-7,9H2. The summed E-state index contributed by atoms with van der Waals surface area (Å²) in [5.74, 6) is 0. The molecule has 1 aromatic carbocycles. The van der Waals surface area contributed by atoms with Gasteiger partial charge in [-0.25, -0.2) is 0 Å². The number of nitrogens with zero attached hydrogens (tertiary/aromatic N) is 1. The second kappa shape index (κ2) is 4.73. The molecule has 3 nitrogen and oxygen atoms in total. The maximum absolute atomic E-state index is 9.24. The molecule has 1 atom stereocenters. The smallest absolute Gasteiger partial charge is 0.149 e. The van der Waals surface area contributed by atoms with Gasteiger partial charge in [-0.1, -0.05) is 11.6 Å². The van der Waals surface area contributed by atoms with Crippen molar-refractivity contribution >= 4 is 17.3 Å². The van der Waals surface area contributed by atoms with Crippen molar-refractivity contribution in [3.63, 3.8) is 0 Å². The Labute approximate surface area is 100.0 Å². The number of hydrogen-bond donors (Lipinski definition) is 1. The molecule has 1 aliphatic rings. The highest BCUT2D eigenvalue weighted by molar-refractivity contribution is 6.30. The number of anilines is 1. The van der Waals surface area contributed by atoms with Gasteiger partial charge in [0.1, 0.15) is 5.54 Å². The second-order valence-electron chi connectivity index (χ2n) is 3.98. The SMILES string of the molecule is N#CC1(Nc2ccc(Cl)cc2)CCCOC1. The van der Waals surface area contributed by atoms with Gasteiger partial charge >= 0.3 is 0 Å². The first-order valence-corrected chi connectivity index (χ1v) is 5.65. The van der Waals surface area contributed by atoms with Crippen molar-refractivity contribution in [3.8, 4) is 6.07 Å². The molecule has 2 rings (SSSR count). The highest BCUT2D eigenvalue weighted by Gasteiger charge is 2.32. The Morgan fingerprint density at radius 1 is 1.38 bits per heavy atom. The summed E-state index contributed by atoms with van der Waals surface area (Å²) in [6.07, 6.45) is 1.72. The van der Waals surface area contributed by atoms with Gasteiger partial charge in [-0.15, -0.1) is 0 Å². The first-order valence-electron chi connectivity index (χ1n) is 5.27. The van der Waals surface area contributed by atoms with Crippen LogP contribution in [0.3, 0.4) is 0 Å². The summed E-state index contributed by atoms with van der Waals surface area (Å²) in [6, 6.07) is 9.66. The van der Waals surface area contributed by atoms with Crippen molar-refractivity contribution in [2.24, 2.45) is 0 Å². The number of rotatable bonds is 2. The minimum Gasteiger partial charge on any atom is -0.378 e. The molecule has 1 aliphatic heterocycles. The highest BCUT2D eigenvalue weighted by atomic mass is 35.5. The summed E-state index contributed by atoms with van der Waals surface area (Å²) in [5, 5.41) is 13.2. The van der Waals surface area contributed by atoms with Crippen LogP contribution in [0.15, 0.2) is 24.3 Å². The molecule has 16 heavy (non-hydrogen) atoms. The lowest BCUT2D eigenvalue weighted by atomic mass is 9.94. The number of nitrogens with one attached hydrogen (secondary N) is 1. The Morgan fingerprint density at radius 3 is 2.69 bits per heavy atom. The molecule has 0 radical (unpaired) electrons. The predicted molar refractivity (Wildman–Crippen MR) is 63.5 cm³/mol. The maximum Gasteiger partial charge on any atom is 0.149 e. The van der Waals surface area contributed by atoms with E-state index in [0.717, 1.165) is 25.1 Å². The van der Waals surface area contributed by atoms with E-state index in [1.54, 1.807) is 12.1 Å². The van der Waals surface area contributed by atoms with Crippen molar-refractivity contribution in [3.05, 3.63) is 29.3 Å². The van der Waals surface area contributed by atoms with Crippen molar-refractivity contribution in [1.29, 1.82) is 5.26 Å². The van der Waals surface area contributed by atoms with Crippen LogP contribution in [0.5, 0.6) is 0 Å². The molecule has 0 bridgehead atoms. The zero-order chi connectivity index (χ0) is 11.4. The van der Waals surface area contributed by atoms with Gasteiger partial charge in [0, 0.05) is 17.3 Å². The quantitative estimate of drug-likeness (QED) is 0.859. The van der Waals surface area contributed by atoms with E-state index in [0.29, 0.717) is 11.6 Å². The average Bonchev–Trinajstić information content (AvgIpc) is 2.33. The van der Waals surface area contributed by atoms with Gasteiger partial charge in [-0.2, -0.15) is 5.26 Å². The van der Waals surface area contributed by atoms with E-state index in [2.05, 4.69) is 11.4 Å². The zero-order valence-corrected chi connectivity index (χ0v) is 9.63. The Hall–Kier alpha value is -1.24. The molecular formula is C12H13ClN2O. The Balaban J connectivity index is 2.12. The normalized spacial score (nSPS) is 24.8. The van der Waals surface area contributed by atoms with E-state index in [-0.39, 0.29) is 0 Å². The van der Waals surface area contributed by atoms with Crippen LogP contribution in [-0.2, 0) is 4.74 Å². The molecule has 4 heteroatoms. The summed E-state index contributed by atoms with van der Waals surface area (Å²) in [7, 11) is 0. The van der Waals surface area contributed by atoms with E-state index in [1.165, 1.54) is 0 Å². The molecule has 1 heterocycles. The van der Waals surface area contributed by atoms with E-state index < -0.39 is 5.54 Å². The summed E-state index contributed by atoms with van der Waals surface area (Å²) >= 11 is 5.81. The van der Waals surface area contributed by atoms with Gasteiger partial charge < -0.3 is 10.1 Å². The van der Waals surface area contributed by atoms with Crippen LogP contribution in [0.1, 0.15) is 12.8 Å². The van der Waals surface area contributed by atoms with Crippen molar-refractivity contribution in [2.75, 3.05) is 18.5 Å². The van der Waals surface area contributed by atoms with Crippen LogP contribution in [-0.4, -0.2) is 18.8 Å². The van der Waals surface area contributed by atoms with Gasteiger partial charge in [-0.05, 0) is 37.1 Å². The third-order valence-electron chi connectivity index (χ3n) is 2.68. The van der Waals surface area contributed by atoms with Gasteiger partial charge in [-0.3, -0.25) is 0 Å². The average molecular weight is 237 g/mol. The fourth-order valence-electron chi connectivity index (χ4n) is 1.82. The molecule has 1 saturated heterocycles. The molecule has 0 aliphatic carbocycles. The van der Waals surface area contributed by atoms with Crippen LogP contribution in [0.4, 0.5) is 5.69 Å². The lowest BCUT2D eigenvalue weighted by Crippen LogP contribution is -2.44. The third-order valence-corrected chi connectivity index (χ3v) is 2.93. The molecule has 1 fully saturated rings. The molecule has 0 spiro atoms. The van der Waals surface area contributed by atoms with Gasteiger partial charge in [0.25, 0.3) is 0 Å². The number of benzene rings is 1. The second-order valence-corrected chi connectivity index (χ2v) is 4.42. The molecule has 0 saturated carbocycles. The van der Waals surface area contributed by atoms with E-state index in [4.69, 9.17) is 16.3 Å². The Morgan fingerprint density at radius 2 is 2.12 bits per heavy atom. The van der Waals surface area contributed by atoms with E-state index >= 15 is 0 Å². The van der Waals surface area contributed by atoms with Crippen LogP contribution in [0.25, 0.3) is 0 Å². The summed E-state index contributed by atoms with van der Waals surface area (Å²) < 4.78 is 5.36. The van der Waals surface area contributed by atoms with Crippen LogP contribution in [0, 0.1) is 11.3 Å². The summed E-state index contributed by atoms with van der Waals surface area (Å²) in [6.45, 7) is 1.18. The van der Waals surface area contributed by atoms with Crippen molar-refractivity contribution in [2.45, 2.75) is 18.4 Å². The van der Waals surface area contributed by atoms with Gasteiger partial charge in [0.05, 0.1) is 12.7 Å². The maximum atomic E-state index is 9.24. The van der Waals surface area contributed by atoms with Crippen LogP contribution < -0.4 is 5.32 Å². The summed E-state index contributed by atoms with van der Waals surface area (Å²) in [4.78, 5) is 0. The lowest BCUT2D eigenvalue weighted by molar-refractivity contribution is 0.0667. The topological polar surface area (TPSA) is 45.0 Å². The number of halogens is 1. The van der Waals surface area contributed by atoms with Gasteiger partial charge in [0.15, 0.2) is 0 Å². The molecule has 1 unspecified atom stereocenters. The van der Waals surface area contributed by atoms with Crippen molar-refractivity contribution in [1.82, 2.24) is 0 Å². The molecule has 84 valence electrons. The fourth-order valence-corrected chi connectivity index (χ4v) is 1.94.